The van der Waals surface area contributed by atoms with Gasteiger partial charge in [0.1, 0.15) is 5.78 Å². The third-order valence-electron chi connectivity index (χ3n) is 3.01. The summed E-state index contributed by atoms with van der Waals surface area (Å²) in [6.45, 7) is 7.20. The molecule has 0 aliphatic heterocycles. The minimum absolute atomic E-state index is 0.0311. The molecule has 1 aromatic carbocycles. The first-order valence-corrected chi connectivity index (χ1v) is 7.24. The Bertz CT molecular complexity index is 432. The molecular weight excluding hydrogens is 252 g/mol. The van der Waals surface area contributed by atoms with E-state index in [2.05, 4.69) is 13.8 Å². The Hall–Kier alpha value is -1.48. The van der Waals surface area contributed by atoms with Crippen LogP contribution >= 0.6 is 0 Å². The third kappa shape index (κ3) is 6.11. The molecule has 0 heterocycles. The highest BCUT2D eigenvalue weighted by molar-refractivity contribution is 6.07. The van der Waals surface area contributed by atoms with Crippen molar-refractivity contribution in [1.29, 1.82) is 0 Å². The summed E-state index contributed by atoms with van der Waals surface area (Å²) in [5.74, 6) is 0.425. The maximum atomic E-state index is 12.0. The summed E-state index contributed by atoms with van der Waals surface area (Å²) in [5.41, 5.74) is 1.83. The SMILES string of the molecule is CCOCCC(=O)CC(=O)c1ccc(CC(C)C)cc1. The molecule has 0 radical (unpaired) electrons. The Balaban J connectivity index is 2.49. The van der Waals surface area contributed by atoms with Gasteiger partial charge in [-0.15, -0.1) is 0 Å². The number of hydrogen-bond acceptors (Lipinski definition) is 3. The lowest BCUT2D eigenvalue weighted by molar-refractivity contribution is -0.119. The second-order valence-electron chi connectivity index (χ2n) is 5.38. The van der Waals surface area contributed by atoms with Crippen molar-refractivity contribution in [3.05, 3.63) is 35.4 Å². The van der Waals surface area contributed by atoms with E-state index in [0.717, 1.165) is 6.42 Å². The average molecular weight is 276 g/mol. The molecule has 0 bridgehead atoms. The Labute approximate surface area is 121 Å². The number of hydrogen-bond donors (Lipinski definition) is 0. The van der Waals surface area contributed by atoms with Gasteiger partial charge in [-0.05, 0) is 24.8 Å². The Kier molecular flexibility index (Phi) is 7.16. The molecule has 0 atom stereocenters. The zero-order valence-corrected chi connectivity index (χ0v) is 12.6. The van der Waals surface area contributed by atoms with Crippen molar-refractivity contribution in [1.82, 2.24) is 0 Å². The summed E-state index contributed by atoms with van der Waals surface area (Å²) < 4.78 is 5.11. The molecule has 0 amide bonds. The van der Waals surface area contributed by atoms with E-state index in [-0.39, 0.29) is 18.0 Å². The normalized spacial score (nSPS) is 10.8. The number of ketones is 2. The molecule has 0 saturated heterocycles. The van der Waals surface area contributed by atoms with Crippen LogP contribution in [-0.4, -0.2) is 24.8 Å². The van der Waals surface area contributed by atoms with E-state index in [1.165, 1.54) is 5.56 Å². The fraction of sp³-hybridized carbons (Fsp3) is 0.529. The average Bonchev–Trinajstić information content (AvgIpc) is 2.39. The van der Waals surface area contributed by atoms with E-state index in [0.29, 0.717) is 31.1 Å². The summed E-state index contributed by atoms with van der Waals surface area (Å²) in [4.78, 5) is 23.6. The van der Waals surface area contributed by atoms with Gasteiger partial charge in [0.2, 0.25) is 0 Å². The van der Waals surface area contributed by atoms with E-state index < -0.39 is 0 Å². The van der Waals surface area contributed by atoms with Crippen LogP contribution in [0.3, 0.4) is 0 Å². The van der Waals surface area contributed by atoms with E-state index >= 15 is 0 Å². The topological polar surface area (TPSA) is 43.4 Å². The molecule has 110 valence electrons. The van der Waals surface area contributed by atoms with Gasteiger partial charge in [-0.25, -0.2) is 0 Å². The van der Waals surface area contributed by atoms with Crippen molar-refractivity contribution in [3.63, 3.8) is 0 Å². The predicted octanol–water partition coefficient (Wildman–Crippen LogP) is 3.45. The number of rotatable bonds is 9. The minimum atomic E-state index is -0.109. The van der Waals surface area contributed by atoms with Crippen molar-refractivity contribution in [2.45, 2.75) is 40.0 Å². The Morgan fingerprint density at radius 2 is 1.80 bits per heavy atom. The number of carbonyl (C=O) groups is 2. The van der Waals surface area contributed by atoms with Crippen LogP contribution in [0.1, 0.15) is 49.5 Å². The predicted molar refractivity (Wildman–Crippen MR) is 80.0 cm³/mol. The lowest BCUT2D eigenvalue weighted by atomic mass is 9.99. The van der Waals surface area contributed by atoms with Crippen LogP contribution in [-0.2, 0) is 16.0 Å². The van der Waals surface area contributed by atoms with E-state index in [4.69, 9.17) is 4.74 Å². The van der Waals surface area contributed by atoms with Crippen LogP contribution in [0.5, 0.6) is 0 Å². The number of benzene rings is 1. The van der Waals surface area contributed by atoms with Gasteiger partial charge in [-0.2, -0.15) is 0 Å². The number of ether oxygens (including phenoxy) is 1. The van der Waals surface area contributed by atoms with Crippen molar-refractivity contribution in [2.75, 3.05) is 13.2 Å². The summed E-state index contributed by atoms with van der Waals surface area (Å²) in [6, 6.07) is 7.57. The fourth-order valence-electron chi connectivity index (χ4n) is 2.00. The van der Waals surface area contributed by atoms with Crippen LogP contribution < -0.4 is 0 Å². The highest BCUT2D eigenvalue weighted by Crippen LogP contribution is 2.11. The zero-order valence-electron chi connectivity index (χ0n) is 12.6. The van der Waals surface area contributed by atoms with Gasteiger partial charge < -0.3 is 4.74 Å². The summed E-state index contributed by atoms with van der Waals surface area (Å²) >= 11 is 0. The van der Waals surface area contributed by atoms with Gasteiger partial charge in [-0.1, -0.05) is 38.1 Å². The summed E-state index contributed by atoms with van der Waals surface area (Å²) in [7, 11) is 0. The first-order chi connectivity index (χ1) is 9.52. The van der Waals surface area contributed by atoms with Gasteiger partial charge >= 0.3 is 0 Å². The molecule has 0 aliphatic carbocycles. The quantitative estimate of drug-likeness (QED) is 0.394. The molecule has 0 aliphatic rings. The highest BCUT2D eigenvalue weighted by Gasteiger charge is 2.11. The van der Waals surface area contributed by atoms with Gasteiger partial charge in [0.15, 0.2) is 5.78 Å². The molecule has 0 N–H and O–H groups in total. The molecule has 3 heteroatoms. The molecular formula is C17H24O3. The smallest absolute Gasteiger partial charge is 0.170 e. The second-order valence-corrected chi connectivity index (χ2v) is 5.38. The molecule has 20 heavy (non-hydrogen) atoms. The van der Waals surface area contributed by atoms with Crippen LogP contribution in [0.2, 0.25) is 0 Å². The largest absolute Gasteiger partial charge is 0.381 e. The van der Waals surface area contributed by atoms with E-state index in [1.807, 2.05) is 31.2 Å². The van der Waals surface area contributed by atoms with Crippen LogP contribution in [0.4, 0.5) is 0 Å². The minimum Gasteiger partial charge on any atom is -0.381 e. The molecule has 3 nitrogen and oxygen atoms in total. The maximum Gasteiger partial charge on any atom is 0.170 e. The molecule has 0 fully saturated rings. The van der Waals surface area contributed by atoms with Crippen LogP contribution in [0.15, 0.2) is 24.3 Å². The molecule has 0 saturated carbocycles. The lowest BCUT2D eigenvalue weighted by Gasteiger charge is -2.06. The lowest BCUT2D eigenvalue weighted by Crippen LogP contribution is -2.10. The van der Waals surface area contributed by atoms with Gasteiger partial charge in [0.05, 0.1) is 13.0 Å². The summed E-state index contributed by atoms with van der Waals surface area (Å²) in [6.07, 6.45) is 1.28. The van der Waals surface area contributed by atoms with Crippen molar-refractivity contribution >= 4 is 11.6 Å². The van der Waals surface area contributed by atoms with Crippen molar-refractivity contribution < 1.29 is 14.3 Å². The zero-order chi connectivity index (χ0) is 15.0. The molecule has 1 aromatic rings. The first-order valence-electron chi connectivity index (χ1n) is 7.24. The monoisotopic (exact) mass is 276 g/mol. The van der Waals surface area contributed by atoms with Gasteiger partial charge in [-0.3, -0.25) is 9.59 Å². The van der Waals surface area contributed by atoms with Crippen LogP contribution in [0, 0.1) is 5.92 Å². The fourth-order valence-corrected chi connectivity index (χ4v) is 2.00. The standard InChI is InChI=1S/C17H24O3/c1-4-20-10-9-16(18)12-17(19)15-7-5-14(6-8-15)11-13(2)3/h5-8,13H,4,9-12H2,1-3H3. The summed E-state index contributed by atoms with van der Waals surface area (Å²) in [5, 5.41) is 0. The Morgan fingerprint density at radius 3 is 2.35 bits per heavy atom. The first kappa shape index (κ1) is 16.6. The maximum absolute atomic E-state index is 12.0. The molecule has 0 spiro atoms. The van der Waals surface area contributed by atoms with Crippen LogP contribution in [0.25, 0.3) is 0 Å². The van der Waals surface area contributed by atoms with Gasteiger partial charge in [0.25, 0.3) is 0 Å². The third-order valence-corrected chi connectivity index (χ3v) is 3.01. The van der Waals surface area contributed by atoms with Gasteiger partial charge in [0, 0.05) is 18.6 Å². The molecule has 1 rings (SSSR count). The molecule has 0 aromatic heterocycles. The number of carbonyl (C=O) groups excluding carboxylic acids is 2. The Morgan fingerprint density at radius 1 is 1.15 bits per heavy atom. The second kappa shape index (κ2) is 8.64. The highest BCUT2D eigenvalue weighted by atomic mass is 16.5. The van der Waals surface area contributed by atoms with Crippen molar-refractivity contribution in [2.24, 2.45) is 5.92 Å². The number of Topliss-reactive ketones (excluding diaryl/α,β-unsaturated/α-hetero) is 2. The van der Waals surface area contributed by atoms with E-state index in [1.54, 1.807) is 0 Å². The molecule has 0 unspecified atom stereocenters. The van der Waals surface area contributed by atoms with E-state index in [9.17, 15) is 9.59 Å². The van der Waals surface area contributed by atoms with Crippen molar-refractivity contribution in [3.8, 4) is 0 Å².